The van der Waals surface area contributed by atoms with Crippen LogP contribution in [0.25, 0.3) is 0 Å². The first-order chi connectivity index (χ1) is 15.0. The molecule has 0 radical (unpaired) electrons. The zero-order valence-corrected chi connectivity index (χ0v) is 19.3. The summed E-state index contributed by atoms with van der Waals surface area (Å²) >= 11 is 0. The maximum atomic E-state index is 12.7. The fourth-order valence-electron chi connectivity index (χ4n) is 2.89. The molecule has 0 aliphatic heterocycles. The van der Waals surface area contributed by atoms with Crippen LogP contribution in [-0.2, 0) is 35.7 Å². The number of hydrogen-bond acceptors (Lipinski definition) is 6. The molecule has 1 atom stereocenters. The van der Waals surface area contributed by atoms with Crippen molar-refractivity contribution in [3.63, 3.8) is 0 Å². The Labute approximate surface area is 188 Å². The first-order valence-electron chi connectivity index (χ1n) is 9.83. The van der Waals surface area contributed by atoms with Crippen molar-refractivity contribution in [1.82, 2.24) is 9.21 Å². The molecule has 2 amide bonds. The molecule has 0 aliphatic rings. The Bertz CT molecular complexity index is 1050. The maximum absolute atomic E-state index is 12.7. The molecule has 2 rings (SSSR count). The number of likely N-dealkylation sites (N-methyl/N-ethyl adjacent to an activating group) is 2. The van der Waals surface area contributed by atoms with E-state index in [4.69, 9.17) is 4.74 Å². The van der Waals surface area contributed by atoms with Gasteiger partial charge in [0, 0.05) is 33.3 Å². The van der Waals surface area contributed by atoms with Gasteiger partial charge in [-0.2, -0.15) is 4.31 Å². The molecule has 0 heterocycles. The Hall–Kier alpha value is -3.24. The summed E-state index contributed by atoms with van der Waals surface area (Å²) in [5.41, 5.74) is 1.38. The van der Waals surface area contributed by atoms with E-state index in [0.29, 0.717) is 12.2 Å². The summed E-state index contributed by atoms with van der Waals surface area (Å²) in [5, 5.41) is 2.54. The third kappa shape index (κ3) is 6.89. The second-order valence-corrected chi connectivity index (χ2v) is 9.32. The van der Waals surface area contributed by atoms with Gasteiger partial charge in [-0.15, -0.1) is 0 Å². The van der Waals surface area contributed by atoms with Gasteiger partial charge in [0.2, 0.25) is 15.9 Å². The van der Waals surface area contributed by atoms with Gasteiger partial charge >= 0.3 is 5.97 Å². The van der Waals surface area contributed by atoms with Crippen LogP contribution in [0.4, 0.5) is 5.69 Å². The van der Waals surface area contributed by atoms with E-state index in [1.807, 2.05) is 30.3 Å². The van der Waals surface area contributed by atoms with Crippen molar-refractivity contribution in [1.29, 1.82) is 0 Å². The minimum absolute atomic E-state index is 0.0476. The molecule has 0 spiro atoms. The van der Waals surface area contributed by atoms with E-state index in [0.717, 1.165) is 9.87 Å². The smallest absolute Gasteiger partial charge is 0.322 e. The minimum Gasteiger partial charge on any atom is -0.452 e. The first-order valence-corrected chi connectivity index (χ1v) is 11.3. The van der Waals surface area contributed by atoms with Crippen LogP contribution in [-0.4, -0.2) is 62.2 Å². The fourth-order valence-corrected chi connectivity index (χ4v) is 4.01. The van der Waals surface area contributed by atoms with Crippen LogP contribution in [0.5, 0.6) is 0 Å². The predicted octanol–water partition coefficient (Wildman–Crippen LogP) is 1.86. The number of carbonyl (C=O) groups excluding carboxylic acids is 3. The fraction of sp³-hybridized carbons (Fsp3) is 0.318. The van der Waals surface area contributed by atoms with Crippen LogP contribution in [0, 0.1) is 0 Å². The Kier molecular flexibility index (Phi) is 8.50. The molecule has 2 aromatic carbocycles. The molecule has 2 aromatic rings. The molecule has 9 nitrogen and oxygen atoms in total. The lowest BCUT2D eigenvalue weighted by molar-refractivity contribution is -0.158. The second kappa shape index (κ2) is 10.9. The van der Waals surface area contributed by atoms with Gasteiger partial charge < -0.3 is 15.0 Å². The Morgan fingerprint density at radius 1 is 1.00 bits per heavy atom. The minimum atomic E-state index is -3.97. The number of anilines is 1. The predicted molar refractivity (Wildman–Crippen MR) is 119 cm³/mol. The van der Waals surface area contributed by atoms with E-state index in [1.165, 1.54) is 50.1 Å². The van der Waals surface area contributed by atoms with E-state index in [1.54, 1.807) is 7.05 Å². The third-order valence-corrected chi connectivity index (χ3v) is 6.35. The maximum Gasteiger partial charge on any atom is 0.322 e. The van der Waals surface area contributed by atoms with Gasteiger partial charge in [-0.25, -0.2) is 8.42 Å². The Morgan fingerprint density at radius 2 is 1.59 bits per heavy atom. The normalized spacial score (nSPS) is 12.2. The number of rotatable bonds is 9. The Morgan fingerprint density at radius 3 is 2.16 bits per heavy atom. The molecule has 10 heteroatoms. The molecule has 0 saturated heterocycles. The number of esters is 1. The quantitative estimate of drug-likeness (QED) is 0.571. The van der Waals surface area contributed by atoms with Crippen LogP contribution >= 0.6 is 0 Å². The molecule has 0 aromatic heterocycles. The second-order valence-electron chi connectivity index (χ2n) is 7.28. The highest BCUT2D eigenvalue weighted by Gasteiger charge is 2.26. The summed E-state index contributed by atoms with van der Waals surface area (Å²) < 4.78 is 31.4. The molecular weight excluding hydrogens is 434 g/mol. The summed E-state index contributed by atoms with van der Waals surface area (Å²) in [6, 6.07) is 14.9. The summed E-state index contributed by atoms with van der Waals surface area (Å²) in [7, 11) is -1.13. The van der Waals surface area contributed by atoms with Crippen LogP contribution < -0.4 is 5.32 Å². The van der Waals surface area contributed by atoms with Crippen LogP contribution in [0.15, 0.2) is 59.5 Å². The molecule has 0 aliphatic carbocycles. The van der Waals surface area contributed by atoms with Gasteiger partial charge in [-0.3, -0.25) is 14.4 Å². The van der Waals surface area contributed by atoms with Crippen molar-refractivity contribution in [3.8, 4) is 0 Å². The molecule has 32 heavy (non-hydrogen) atoms. The molecular formula is C22H27N3O6S. The highest BCUT2D eigenvalue weighted by Crippen LogP contribution is 2.17. The summed E-state index contributed by atoms with van der Waals surface area (Å²) in [4.78, 5) is 37.2. The first kappa shape index (κ1) is 25.0. The van der Waals surface area contributed by atoms with Crippen molar-refractivity contribution in [3.05, 3.63) is 60.2 Å². The van der Waals surface area contributed by atoms with Gasteiger partial charge in [0.25, 0.3) is 5.91 Å². The largest absolute Gasteiger partial charge is 0.452 e. The average Bonchev–Trinajstić information content (AvgIpc) is 2.73. The molecule has 172 valence electrons. The number of ether oxygens (including phenoxy) is 1. The van der Waals surface area contributed by atoms with Gasteiger partial charge in [0.15, 0.2) is 6.10 Å². The molecule has 0 saturated carbocycles. The van der Waals surface area contributed by atoms with E-state index < -0.39 is 34.5 Å². The number of hydrogen-bond donors (Lipinski definition) is 1. The van der Waals surface area contributed by atoms with E-state index in [2.05, 4.69) is 5.32 Å². The van der Waals surface area contributed by atoms with Crippen molar-refractivity contribution >= 4 is 33.5 Å². The zero-order chi connectivity index (χ0) is 23.9. The van der Waals surface area contributed by atoms with Crippen molar-refractivity contribution < 1.29 is 27.5 Å². The Balaban J connectivity index is 1.94. The molecule has 0 fully saturated rings. The molecule has 0 unspecified atom stereocenters. The summed E-state index contributed by atoms with van der Waals surface area (Å²) in [6.45, 7) is 2.58. The lowest BCUT2D eigenvalue weighted by atomic mass is 10.2. The number of carbonyl (C=O) groups is 3. The highest BCUT2D eigenvalue weighted by molar-refractivity contribution is 7.89. The number of benzene rings is 2. The van der Waals surface area contributed by atoms with Gasteiger partial charge in [0.05, 0.1) is 4.90 Å². The van der Waals surface area contributed by atoms with Crippen molar-refractivity contribution in [2.45, 2.75) is 31.4 Å². The highest BCUT2D eigenvalue weighted by atomic mass is 32.2. The van der Waals surface area contributed by atoms with Crippen molar-refractivity contribution in [2.75, 3.05) is 26.0 Å². The molecule has 1 N–H and O–H groups in total. The van der Waals surface area contributed by atoms with Crippen LogP contribution in [0.2, 0.25) is 0 Å². The van der Waals surface area contributed by atoms with E-state index in [-0.39, 0.29) is 10.8 Å². The SMILES string of the molecule is CC(=O)Nc1ccc(S(=O)(=O)N(C)CC(=O)O[C@H](C)C(=O)N(C)Cc2ccccc2)cc1. The van der Waals surface area contributed by atoms with Gasteiger partial charge in [-0.05, 0) is 36.8 Å². The summed E-state index contributed by atoms with van der Waals surface area (Å²) in [5.74, 6) is -1.53. The average molecular weight is 462 g/mol. The van der Waals surface area contributed by atoms with Crippen LogP contribution in [0.3, 0.4) is 0 Å². The van der Waals surface area contributed by atoms with E-state index >= 15 is 0 Å². The molecule has 0 bridgehead atoms. The topological polar surface area (TPSA) is 113 Å². The van der Waals surface area contributed by atoms with Crippen molar-refractivity contribution in [2.24, 2.45) is 0 Å². The lowest BCUT2D eigenvalue weighted by Crippen LogP contribution is -2.40. The van der Waals surface area contributed by atoms with Gasteiger partial charge in [0.1, 0.15) is 6.54 Å². The third-order valence-electron chi connectivity index (χ3n) is 4.53. The van der Waals surface area contributed by atoms with Gasteiger partial charge in [-0.1, -0.05) is 30.3 Å². The monoisotopic (exact) mass is 461 g/mol. The van der Waals surface area contributed by atoms with Crippen LogP contribution in [0.1, 0.15) is 19.4 Å². The van der Waals surface area contributed by atoms with E-state index in [9.17, 15) is 22.8 Å². The standard InChI is InChI=1S/C22H27N3O6S/c1-16(22(28)24(3)14-18-8-6-5-7-9-18)31-21(27)15-25(4)32(29,30)20-12-10-19(11-13-20)23-17(2)26/h5-13,16H,14-15H2,1-4H3,(H,23,26)/t16-/m1/s1. The number of amides is 2. The number of nitrogens with zero attached hydrogens (tertiary/aromatic N) is 2. The zero-order valence-electron chi connectivity index (χ0n) is 18.4. The summed E-state index contributed by atoms with van der Waals surface area (Å²) in [6.07, 6.45) is -1.07. The number of sulfonamides is 1. The lowest BCUT2D eigenvalue weighted by Gasteiger charge is -2.22. The number of nitrogens with one attached hydrogen (secondary N) is 1.